The quantitative estimate of drug-likeness (QED) is 0.840. The van der Waals surface area contributed by atoms with Crippen molar-refractivity contribution in [2.24, 2.45) is 0 Å². The SMILES string of the molecule is COc1ccc(S(=O)(=O)Nc2cnn(C3CCOCC3)c2)cc1OC. The van der Waals surface area contributed by atoms with Crippen molar-refractivity contribution in [3.05, 3.63) is 30.6 Å². The van der Waals surface area contributed by atoms with Crippen molar-refractivity contribution in [3.63, 3.8) is 0 Å². The van der Waals surface area contributed by atoms with E-state index in [1.165, 1.54) is 32.5 Å². The molecule has 25 heavy (non-hydrogen) atoms. The second-order valence-electron chi connectivity index (χ2n) is 5.67. The molecule has 1 fully saturated rings. The highest BCUT2D eigenvalue weighted by atomic mass is 32.2. The number of hydrogen-bond donors (Lipinski definition) is 1. The maximum Gasteiger partial charge on any atom is 0.262 e. The molecule has 9 heteroatoms. The average Bonchev–Trinajstić information content (AvgIpc) is 3.09. The molecule has 136 valence electrons. The van der Waals surface area contributed by atoms with Gasteiger partial charge in [0, 0.05) is 25.5 Å². The number of nitrogens with zero attached hydrogens (tertiary/aromatic N) is 2. The lowest BCUT2D eigenvalue weighted by Crippen LogP contribution is -2.19. The summed E-state index contributed by atoms with van der Waals surface area (Å²) in [4.78, 5) is 0.0870. The van der Waals surface area contributed by atoms with E-state index in [4.69, 9.17) is 14.2 Å². The van der Waals surface area contributed by atoms with Crippen LogP contribution in [0.4, 0.5) is 5.69 Å². The lowest BCUT2D eigenvalue weighted by atomic mass is 10.1. The number of benzene rings is 1. The van der Waals surface area contributed by atoms with E-state index in [9.17, 15) is 8.42 Å². The van der Waals surface area contributed by atoms with Gasteiger partial charge in [0.1, 0.15) is 0 Å². The maximum atomic E-state index is 12.6. The van der Waals surface area contributed by atoms with Gasteiger partial charge in [0.25, 0.3) is 10.0 Å². The Morgan fingerprint density at radius 1 is 1.20 bits per heavy atom. The zero-order chi connectivity index (χ0) is 17.9. The summed E-state index contributed by atoms with van der Waals surface area (Å²) >= 11 is 0. The van der Waals surface area contributed by atoms with Crippen LogP contribution in [0.15, 0.2) is 35.5 Å². The van der Waals surface area contributed by atoms with E-state index in [1.54, 1.807) is 16.9 Å². The maximum absolute atomic E-state index is 12.6. The monoisotopic (exact) mass is 367 g/mol. The smallest absolute Gasteiger partial charge is 0.262 e. The summed E-state index contributed by atoms with van der Waals surface area (Å²) in [5.74, 6) is 0.817. The van der Waals surface area contributed by atoms with Crippen molar-refractivity contribution in [3.8, 4) is 11.5 Å². The van der Waals surface area contributed by atoms with E-state index in [-0.39, 0.29) is 10.9 Å². The molecule has 0 atom stereocenters. The number of rotatable bonds is 6. The number of anilines is 1. The lowest BCUT2D eigenvalue weighted by Gasteiger charge is -2.22. The van der Waals surface area contributed by atoms with Crippen LogP contribution in [0.5, 0.6) is 11.5 Å². The molecule has 0 saturated carbocycles. The van der Waals surface area contributed by atoms with Gasteiger partial charge in [-0.25, -0.2) is 8.42 Å². The van der Waals surface area contributed by atoms with Crippen molar-refractivity contribution in [2.75, 3.05) is 32.2 Å². The van der Waals surface area contributed by atoms with Crippen LogP contribution in [0.3, 0.4) is 0 Å². The summed E-state index contributed by atoms with van der Waals surface area (Å²) in [6.45, 7) is 1.38. The number of ether oxygens (including phenoxy) is 3. The van der Waals surface area contributed by atoms with Crippen molar-refractivity contribution in [1.29, 1.82) is 0 Å². The zero-order valence-corrected chi connectivity index (χ0v) is 15.0. The van der Waals surface area contributed by atoms with E-state index in [0.717, 1.165) is 12.8 Å². The van der Waals surface area contributed by atoms with E-state index < -0.39 is 10.0 Å². The Morgan fingerprint density at radius 3 is 2.60 bits per heavy atom. The first kappa shape index (κ1) is 17.6. The Bertz CT molecular complexity index is 828. The lowest BCUT2D eigenvalue weighted by molar-refractivity contribution is 0.0662. The molecule has 0 unspecified atom stereocenters. The van der Waals surface area contributed by atoms with Gasteiger partial charge in [-0.3, -0.25) is 9.40 Å². The van der Waals surface area contributed by atoms with E-state index >= 15 is 0 Å². The van der Waals surface area contributed by atoms with Gasteiger partial charge in [-0.1, -0.05) is 0 Å². The summed E-state index contributed by atoms with van der Waals surface area (Å²) in [6, 6.07) is 4.67. The van der Waals surface area contributed by atoms with Gasteiger partial charge < -0.3 is 14.2 Å². The van der Waals surface area contributed by atoms with Crippen molar-refractivity contribution in [2.45, 2.75) is 23.8 Å². The standard InChI is InChI=1S/C16H21N3O5S/c1-22-15-4-3-14(9-16(15)23-2)25(20,21)18-12-10-17-19(11-12)13-5-7-24-8-6-13/h3-4,9-11,13,18H,5-8H2,1-2H3. The molecule has 0 radical (unpaired) electrons. The first-order chi connectivity index (χ1) is 12.0. The zero-order valence-electron chi connectivity index (χ0n) is 14.1. The highest BCUT2D eigenvalue weighted by Gasteiger charge is 2.20. The Morgan fingerprint density at radius 2 is 1.92 bits per heavy atom. The summed E-state index contributed by atoms with van der Waals surface area (Å²) in [5.41, 5.74) is 0.418. The van der Waals surface area contributed by atoms with Crippen molar-refractivity contribution < 1.29 is 22.6 Å². The fourth-order valence-corrected chi connectivity index (χ4v) is 3.78. The van der Waals surface area contributed by atoms with Gasteiger partial charge in [-0.2, -0.15) is 5.10 Å². The molecule has 0 spiro atoms. The van der Waals surface area contributed by atoms with Gasteiger partial charge >= 0.3 is 0 Å². The van der Waals surface area contributed by atoms with Crippen LogP contribution in [-0.2, 0) is 14.8 Å². The Kier molecular flexibility index (Phi) is 5.14. The highest BCUT2D eigenvalue weighted by molar-refractivity contribution is 7.92. The molecule has 1 aromatic carbocycles. The third-order valence-corrected chi connectivity index (χ3v) is 5.46. The summed E-state index contributed by atoms with van der Waals surface area (Å²) in [6.07, 6.45) is 4.94. The first-order valence-electron chi connectivity index (χ1n) is 7.90. The Balaban J connectivity index is 1.78. The Hall–Kier alpha value is -2.26. The van der Waals surface area contributed by atoms with Gasteiger partial charge in [-0.15, -0.1) is 0 Å². The molecule has 0 amide bonds. The fourth-order valence-electron chi connectivity index (χ4n) is 2.74. The topological polar surface area (TPSA) is 91.7 Å². The van der Waals surface area contributed by atoms with Gasteiger partial charge in [0.2, 0.25) is 0 Å². The minimum atomic E-state index is -3.75. The van der Waals surface area contributed by atoms with Crippen LogP contribution in [0.2, 0.25) is 0 Å². The van der Waals surface area contributed by atoms with Gasteiger partial charge in [0.15, 0.2) is 11.5 Å². The minimum Gasteiger partial charge on any atom is -0.493 e. The van der Waals surface area contributed by atoms with Crippen molar-refractivity contribution >= 4 is 15.7 Å². The molecule has 1 aromatic heterocycles. The van der Waals surface area contributed by atoms with Crippen LogP contribution in [0, 0.1) is 0 Å². The normalized spacial score (nSPS) is 15.8. The largest absolute Gasteiger partial charge is 0.493 e. The minimum absolute atomic E-state index is 0.0870. The predicted octanol–water partition coefficient (Wildman–Crippen LogP) is 2.05. The van der Waals surface area contributed by atoms with Crippen molar-refractivity contribution in [1.82, 2.24) is 9.78 Å². The second-order valence-corrected chi connectivity index (χ2v) is 7.36. The fraction of sp³-hybridized carbons (Fsp3) is 0.438. The number of methoxy groups -OCH3 is 2. The number of sulfonamides is 1. The van der Waals surface area contributed by atoms with E-state index in [2.05, 4.69) is 9.82 Å². The molecule has 1 N–H and O–H groups in total. The molecule has 2 heterocycles. The molecule has 8 nitrogen and oxygen atoms in total. The van der Waals surface area contributed by atoms with Crippen LogP contribution in [-0.4, -0.2) is 45.6 Å². The molecule has 1 saturated heterocycles. The molecule has 0 bridgehead atoms. The van der Waals surface area contributed by atoms with Crippen LogP contribution < -0.4 is 14.2 Å². The predicted molar refractivity (Wildman–Crippen MR) is 91.7 cm³/mol. The molecular weight excluding hydrogens is 346 g/mol. The molecular formula is C16H21N3O5S. The molecule has 0 aliphatic carbocycles. The van der Waals surface area contributed by atoms with Gasteiger partial charge in [0.05, 0.1) is 37.0 Å². The number of nitrogens with one attached hydrogen (secondary N) is 1. The van der Waals surface area contributed by atoms with E-state index in [1.807, 2.05) is 0 Å². The number of aromatic nitrogens is 2. The summed E-state index contributed by atoms with van der Waals surface area (Å²) < 4.78 is 45.1. The summed E-state index contributed by atoms with van der Waals surface area (Å²) in [7, 11) is -0.799. The molecule has 1 aliphatic rings. The average molecular weight is 367 g/mol. The number of hydrogen-bond acceptors (Lipinski definition) is 6. The second kappa shape index (κ2) is 7.32. The first-order valence-corrected chi connectivity index (χ1v) is 9.38. The highest BCUT2D eigenvalue weighted by Crippen LogP contribution is 2.30. The molecule has 2 aromatic rings. The Labute approximate surface area is 146 Å². The van der Waals surface area contributed by atoms with Crippen LogP contribution in [0.25, 0.3) is 0 Å². The molecule has 1 aliphatic heterocycles. The molecule has 3 rings (SSSR count). The van der Waals surface area contributed by atoms with Gasteiger partial charge in [-0.05, 0) is 25.0 Å². The third-order valence-electron chi connectivity index (χ3n) is 4.08. The third kappa shape index (κ3) is 3.88. The van der Waals surface area contributed by atoms with Crippen LogP contribution >= 0.6 is 0 Å². The summed E-state index contributed by atoms with van der Waals surface area (Å²) in [5, 5.41) is 4.27. The van der Waals surface area contributed by atoms with Crippen LogP contribution in [0.1, 0.15) is 18.9 Å². The van der Waals surface area contributed by atoms with E-state index in [0.29, 0.717) is 30.4 Å².